The van der Waals surface area contributed by atoms with Crippen LogP contribution in [0.4, 0.5) is 24.5 Å². The second kappa shape index (κ2) is 14.8. The summed E-state index contributed by atoms with van der Waals surface area (Å²) in [6, 6.07) is 7.36. The number of carbonyl (C=O) groups is 3. The number of hydrogen-bond acceptors (Lipinski definition) is 8. The van der Waals surface area contributed by atoms with Crippen molar-refractivity contribution in [3.63, 3.8) is 0 Å². The Hall–Kier alpha value is -3.84. The van der Waals surface area contributed by atoms with Crippen LogP contribution in [0.25, 0.3) is 0 Å². The van der Waals surface area contributed by atoms with E-state index in [1.807, 2.05) is 0 Å². The molecule has 0 heterocycles. The van der Waals surface area contributed by atoms with Gasteiger partial charge in [0.15, 0.2) is 6.29 Å². The zero-order chi connectivity index (χ0) is 30.6. The maximum atomic E-state index is 13.7. The normalized spacial score (nSPS) is 11.9. The van der Waals surface area contributed by atoms with Crippen LogP contribution in [0.15, 0.2) is 36.4 Å². The largest absolute Gasteiger partial charge is 0.480 e. The second-order valence-corrected chi connectivity index (χ2v) is 8.68. The number of carboxylic acid groups (broad SMARTS) is 2. The molecule has 2 aromatic carbocycles. The van der Waals surface area contributed by atoms with E-state index >= 15 is 0 Å². The van der Waals surface area contributed by atoms with E-state index in [1.165, 1.54) is 46.3 Å². The molecule has 38 heavy (non-hydrogen) atoms. The van der Waals surface area contributed by atoms with Crippen molar-refractivity contribution < 1.29 is 53.7 Å². The highest BCUT2D eigenvalue weighted by Gasteiger charge is 2.28. The number of methoxy groups -OCH3 is 2. The molecule has 5 N–H and O–H groups in total. The van der Waals surface area contributed by atoms with Crippen LogP contribution in [0.3, 0.4) is 0 Å². The molecule has 0 radical (unpaired) electrons. The van der Waals surface area contributed by atoms with Crippen LogP contribution in [-0.2, 0) is 14.3 Å². The smallest absolute Gasteiger partial charge is 0.340 e. The number of benzene rings is 2. The average Bonchev–Trinajstić information content (AvgIpc) is 2.83. The highest BCUT2D eigenvalue weighted by atomic mass is 19.1. The summed E-state index contributed by atoms with van der Waals surface area (Å²) in [5.41, 5.74) is -2.04. The number of halogens is 3. The number of carboxylic acids is 2. The maximum absolute atomic E-state index is 13.7. The summed E-state index contributed by atoms with van der Waals surface area (Å²) < 4.78 is 51.8. The molecular formula is C25H33F3N2O8. The molecule has 13 heteroatoms. The van der Waals surface area contributed by atoms with Crippen LogP contribution in [0.5, 0.6) is 0 Å². The Balaban J connectivity index is 0.000000676. The fraction of sp³-hybridized carbons (Fsp3) is 0.400. The molecule has 1 atom stereocenters. The molecular weight excluding hydrogens is 513 g/mol. The van der Waals surface area contributed by atoms with Crippen molar-refractivity contribution in [1.29, 1.82) is 0 Å². The number of esters is 1. The maximum Gasteiger partial charge on any atom is 0.340 e. The molecule has 0 aromatic heterocycles. The number of hydrogen-bond donors (Lipinski definition) is 5. The number of alkyl halides is 1. The minimum absolute atomic E-state index is 0.141. The molecule has 212 valence electrons. The number of rotatable bonds is 9. The first-order valence-corrected chi connectivity index (χ1v) is 10.7. The number of aliphatic carboxylic acids is 1. The number of ether oxygens (including phenoxy) is 2. The van der Waals surface area contributed by atoms with Gasteiger partial charge in [0.2, 0.25) is 0 Å². The molecule has 0 saturated heterocycles. The van der Waals surface area contributed by atoms with Gasteiger partial charge in [-0.25, -0.2) is 23.2 Å². The molecule has 2 aromatic rings. The van der Waals surface area contributed by atoms with E-state index in [4.69, 9.17) is 16.3 Å². The quantitative estimate of drug-likeness (QED) is 0.228. The van der Waals surface area contributed by atoms with Crippen LogP contribution in [0.1, 0.15) is 49.8 Å². The summed E-state index contributed by atoms with van der Waals surface area (Å²) in [5, 5.41) is 32.7. The van der Waals surface area contributed by atoms with Crippen LogP contribution in [0.2, 0.25) is 0 Å². The first kappa shape index (κ1) is 32.2. The van der Waals surface area contributed by atoms with Crippen LogP contribution in [-0.4, -0.2) is 72.0 Å². The van der Waals surface area contributed by atoms with E-state index in [2.05, 4.69) is 15.4 Å². The van der Waals surface area contributed by atoms with Gasteiger partial charge in [0.1, 0.15) is 17.2 Å². The number of aliphatic hydroxyl groups excluding tert-OH is 1. The van der Waals surface area contributed by atoms with Gasteiger partial charge in [-0.15, -0.1) is 0 Å². The first-order chi connectivity index (χ1) is 18.0. The average molecular weight is 548 g/mol. The molecule has 0 fully saturated rings. The van der Waals surface area contributed by atoms with Gasteiger partial charge in [0.25, 0.3) is 0 Å². The minimum Gasteiger partial charge on any atom is -0.480 e. The predicted octanol–water partition coefficient (Wildman–Crippen LogP) is 4.15. The third kappa shape index (κ3) is 9.90. The molecule has 0 aliphatic heterocycles. The van der Waals surface area contributed by atoms with Gasteiger partial charge < -0.3 is 35.4 Å². The Bertz CT molecular complexity index is 1130. The molecule has 1 unspecified atom stereocenters. The molecule has 0 bridgehead atoms. The fourth-order valence-electron chi connectivity index (χ4n) is 2.78. The van der Waals surface area contributed by atoms with Crippen molar-refractivity contribution in [2.75, 3.05) is 32.0 Å². The monoisotopic (exact) mass is 547 g/mol. The molecule has 0 spiro atoms. The fourth-order valence-corrected chi connectivity index (χ4v) is 2.78. The van der Waals surface area contributed by atoms with Gasteiger partial charge in [0, 0.05) is 18.5 Å². The SMILES string of the molecule is CC(C)(Nc1ccc(C(=O)O)c(F)c1)C(=O)O.COC(=O)c1ccc(NC(C)(C)C(O)OC)cc1F.[2H]CF. The van der Waals surface area contributed by atoms with Crippen molar-refractivity contribution in [2.24, 2.45) is 0 Å². The van der Waals surface area contributed by atoms with Crippen LogP contribution in [0, 0.1) is 11.6 Å². The van der Waals surface area contributed by atoms with Gasteiger partial charge in [0.05, 0.1) is 32.3 Å². The predicted molar refractivity (Wildman–Crippen MR) is 134 cm³/mol. The van der Waals surface area contributed by atoms with Gasteiger partial charge in [-0.2, -0.15) is 0 Å². The lowest BCUT2D eigenvalue weighted by Gasteiger charge is -2.31. The van der Waals surface area contributed by atoms with Crippen molar-refractivity contribution in [2.45, 2.75) is 45.1 Å². The zero-order valence-corrected chi connectivity index (χ0v) is 21.8. The van der Waals surface area contributed by atoms with Gasteiger partial charge in [-0.1, -0.05) is 0 Å². The van der Waals surface area contributed by atoms with E-state index in [9.17, 15) is 32.7 Å². The van der Waals surface area contributed by atoms with E-state index < -0.39 is 59.6 Å². The standard InChI is InChI=1S/C13H18FNO4.C11H12FNO4.CH3F/c1-13(2,12(17)19-4)15-8-5-6-9(10(14)7-8)11(16)18-3;1-11(2,10(16)17)13-6-3-4-7(9(14)15)8(12)5-6;1-2/h5-7,12,15,17H,1-4H3;3-5,13H,1-2H3,(H,14,15)(H,16,17);1H3/i;;1D. The molecule has 2 rings (SSSR count). The lowest BCUT2D eigenvalue weighted by atomic mass is 10.0. The molecule has 0 saturated carbocycles. The van der Waals surface area contributed by atoms with Gasteiger partial charge >= 0.3 is 17.9 Å². The first-order valence-electron chi connectivity index (χ1n) is 11.4. The number of aromatic carboxylic acids is 1. The van der Waals surface area contributed by atoms with Crippen molar-refractivity contribution in [3.8, 4) is 0 Å². The van der Waals surface area contributed by atoms with Crippen LogP contribution >= 0.6 is 0 Å². The number of anilines is 2. The van der Waals surface area contributed by atoms with E-state index in [0.717, 1.165) is 18.2 Å². The summed E-state index contributed by atoms with van der Waals surface area (Å²) in [4.78, 5) is 32.6. The molecule has 0 amide bonds. The minimum atomic E-state index is -1.37. The lowest BCUT2D eigenvalue weighted by Crippen LogP contribution is -2.44. The van der Waals surface area contributed by atoms with Gasteiger partial charge in [-0.05, 0) is 64.1 Å². The number of nitrogens with one attached hydrogen (secondary N) is 2. The summed E-state index contributed by atoms with van der Waals surface area (Å²) in [5.74, 6) is -4.81. The summed E-state index contributed by atoms with van der Waals surface area (Å²) in [6.45, 7) is 6.23. The number of aliphatic hydroxyl groups is 1. The zero-order valence-electron chi connectivity index (χ0n) is 22.8. The topological polar surface area (TPSA) is 154 Å². The second-order valence-electron chi connectivity index (χ2n) is 8.68. The Kier molecular flexibility index (Phi) is 12.5. The summed E-state index contributed by atoms with van der Waals surface area (Å²) in [6.07, 6.45) is -1.06. The summed E-state index contributed by atoms with van der Waals surface area (Å²) in [7, 11) is 1.56. The molecule has 0 aliphatic carbocycles. The van der Waals surface area contributed by atoms with E-state index in [0.29, 0.717) is 5.69 Å². The Morgan fingerprint density at radius 1 is 0.921 bits per heavy atom. The van der Waals surface area contributed by atoms with Crippen molar-refractivity contribution in [3.05, 3.63) is 59.2 Å². The van der Waals surface area contributed by atoms with E-state index in [-0.39, 0.29) is 11.3 Å². The Labute approximate surface area is 219 Å². The molecule has 0 aliphatic rings. The highest BCUT2D eigenvalue weighted by Crippen LogP contribution is 2.22. The third-order valence-corrected chi connectivity index (χ3v) is 4.87. The highest BCUT2D eigenvalue weighted by molar-refractivity contribution is 5.90. The van der Waals surface area contributed by atoms with Crippen molar-refractivity contribution >= 4 is 29.3 Å². The molecule has 10 nitrogen and oxygen atoms in total. The van der Waals surface area contributed by atoms with Crippen molar-refractivity contribution in [1.82, 2.24) is 0 Å². The summed E-state index contributed by atoms with van der Waals surface area (Å²) >= 11 is 0. The Morgan fingerprint density at radius 2 is 1.37 bits per heavy atom. The Morgan fingerprint density at radius 3 is 1.74 bits per heavy atom. The third-order valence-electron chi connectivity index (χ3n) is 4.87. The van der Waals surface area contributed by atoms with Gasteiger partial charge in [-0.3, -0.25) is 4.39 Å². The van der Waals surface area contributed by atoms with E-state index in [1.54, 1.807) is 13.8 Å². The van der Waals surface area contributed by atoms with Crippen LogP contribution < -0.4 is 10.6 Å². The number of carbonyl (C=O) groups excluding carboxylic acids is 1. The lowest BCUT2D eigenvalue weighted by molar-refractivity contribution is -0.141.